The molecule has 1 aliphatic heterocycles. The zero-order valence-corrected chi connectivity index (χ0v) is 15.7. The third-order valence-corrected chi connectivity index (χ3v) is 7.44. The van der Waals surface area contributed by atoms with Crippen molar-refractivity contribution >= 4 is 35.8 Å². The number of halogens is 1. The molecule has 2 N–H and O–H groups in total. The van der Waals surface area contributed by atoms with Gasteiger partial charge in [0.2, 0.25) is 30.1 Å². The molecule has 0 saturated carbocycles. The molecule has 2 rings (SSSR count). The molecule has 0 amide bonds. The first kappa shape index (κ1) is 20.0. The van der Waals surface area contributed by atoms with Gasteiger partial charge in [-0.2, -0.15) is 0 Å². The number of sulfonamides is 3. The van der Waals surface area contributed by atoms with Gasteiger partial charge in [-0.25, -0.2) is 38.7 Å². The molecular formula is C12H18FN3O6S3. The lowest BCUT2D eigenvalue weighted by molar-refractivity contribution is 0.444. The van der Waals surface area contributed by atoms with Gasteiger partial charge in [-0.1, -0.05) is 0 Å². The minimum atomic E-state index is -4.20. The van der Waals surface area contributed by atoms with Gasteiger partial charge in [-0.05, 0) is 24.6 Å². The van der Waals surface area contributed by atoms with E-state index in [-0.39, 0.29) is 24.5 Å². The molecule has 1 aliphatic rings. The van der Waals surface area contributed by atoms with Gasteiger partial charge >= 0.3 is 0 Å². The van der Waals surface area contributed by atoms with Gasteiger partial charge in [0.15, 0.2) is 0 Å². The van der Waals surface area contributed by atoms with Crippen molar-refractivity contribution in [3.8, 4) is 0 Å². The van der Waals surface area contributed by atoms with Crippen molar-refractivity contribution in [2.45, 2.75) is 11.3 Å². The topological polar surface area (TPSA) is 130 Å². The first-order valence-electron chi connectivity index (χ1n) is 7.15. The van der Waals surface area contributed by atoms with Crippen molar-refractivity contribution in [2.24, 2.45) is 0 Å². The van der Waals surface area contributed by atoms with Gasteiger partial charge in [-0.15, -0.1) is 0 Å². The number of nitrogens with one attached hydrogen (secondary N) is 2. The molecule has 0 aromatic heterocycles. The Bertz CT molecular complexity index is 960. The lowest BCUT2D eigenvalue weighted by Gasteiger charge is -2.15. The first-order valence-corrected chi connectivity index (χ1v) is 12.1. The number of rotatable bonds is 7. The average Bonchev–Trinajstić information content (AvgIpc) is 2.75. The maximum atomic E-state index is 14.0. The molecule has 1 aromatic carbocycles. The van der Waals surface area contributed by atoms with E-state index < -0.39 is 40.8 Å². The molecule has 13 heteroatoms. The maximum absolute atomic E-state index is 14.0. The highest BCUT2D eigenvalue weighted by atomic mass is 32.2. The van der Waals surface area contributed by atoms with Crippen LogP contribution in [0.2, 0.25) is 0 Å². The Morgan fingerprint density at radius 3 is 2.44 bits per heavy atom. The van der Waals surface area contributed by atoms with Gasteiger partial charge < -0.3 is 0 Å². The van der Waals surface area contributed by atoms with E-state index in [2.05, 4.69) is 4.72 Å². The smallest absolute Gasteiger partial charge is 0.243 e. The SMILES string of the molecule is CS(=O)(=O)Nc1ccc(S(=O)(=O)NCCN2CCCS2(=O)=O)c(F)c1. The van der Waals surface area contributed by atoms with E-state index >= 15 is 0 Å². The van der Waals surface area contributed by atoms with Crippen molar-refractivity contribution < 1.29 is 29.6 Å². The fourth-order valence-electron chi connectivity index (χ4n) is 2.32. The molecule has 9 nitrogen and oxygen atoms in total. The molecule has 1 saturated heterocycles. The highest BCUT2D eigenvalue weighted by Crippen LogP contribution is 2.19. The van der Waals surface area contributed by atoms with E-state index in [1.807, 2.05) is 4.72 Å². The molecule has 0 spiro atoms. The highest BCUT2D eigenvalue weighted by molar-refractivity contribution is 7.92. The van der Waals surface area contributed by atoms with Crippen LogP contribution in [0.15, 0.2) is 23.1 Å². The number of hydrogen-bond donors (Lipinski definition) is 2. The average molecular weight is 415 g/mol. The summed E-state index contributed by atoms with van der Waals surface area (Å²) in [5, 5.41) is 0. The van der Waals surface area contributed by atoms with E-state index in [0.717, 1.165) is 24.5 Å². The van der Waals surface area contributed by atoms with E-state index in [1.165, 1.54) is 4.31 Å². The molecule has 1 fully saturated rings. The molecule has 25 heavy (non-hydrogen) atoms. The van der Waals surface area contributed by atoms with Gasteiger partial charge in [-0.3, -0.25) is 4.72 Å². The van der Waals surface area contributed by atoms with Crippen LogP contribution in [0.1, 0.15) is 6.42 Å². The van der Waals surface area contributed by atoms with Crippen LogP contribution in [0.3, 0.4) is 0 Å². The van der Waals surface area contributed by atoms with Gasteiger partial charge in [0.05, 0.1) is 17.7 Å². The summed E-state index contributed by atoms with van der Waals surface area (Å²) >= 11 is 0. The van der Waals surface area contributed by atoms with Crippen LogP contribution in [-0.2, 0) is 30.1 Å². The Morgan fingerprint density at radius 2 is 1.92 bits per heavy atom. The molecule has 142 valence electrons. The summed E-state index contributed by atoms with van der Waals surface area (Å²) in [7, 11) is -11.2. The summed E-state index contributed by atoms with van der Waals surface area (Å²) in [6.07, 6.45) is 1.36. The second kappa shape index (κ2) is 7.15. The Kier molecular flexibility index (Phi) is 5.73. The summed E-state index contributed by atoms with van der Waals surface area (Å²) in [5.41, 5.74) is -0.109. The summed E-state index contributed by atoms with van der Waals surface area (Å²) in [5.74, 6) is -1.10. The van der Waals surface area contributed by atoms with Gasteiger partial charge in [0.1, 0.15) is 10.7 Å². The second-order valence-corrected chi connectivity index (χ2v) is 11.1. The summed E-state index contributed by atoms with van der Waals surface area (Å²) < 4.78 is 89.0. The zero-order valence-electron chi connectivity index (χ0n) is 13.3. The van der Waals surface area contributed by atoms with Crippen LogP contribution in [-0.4, -0.2) is 61.2 Å². The zero-order chi connectivity index (χ0) is 18.9. The van der Waals surface area contributed by atoms with Crippen LogP contribution in [0, 0.1) is 5.82 Å². The molecule has 0 unspecified atom stereocenters. The van der Waals surface area contributed by atoms with Gasteiger partial charge in [0, 0.05) is 19.6 Å². The minimum Gasteiger partial charge on any atom is -0.284 e. The van der Waals surface area contributed by atoms with E-state index in [9.17, 15) is 29.6 Å². The molecule has 0 aliphatic carbocycles. The normalized spacial score (nSPS) is 18.3. The van der Waals surface area contributed by atoms with Gasteiger partial charge in [0.25, 0.3) is 0 Å². The van der Waals surface area contributed by atoms with Crippen LogP contribution < -0.4 is 9.44 Å². The monoisotopic (exact) mass is 415 g/mol. The van der Waals surface area contributed by atoms with E-state index in [1.54, 1.807) is 0 Å². The second-order valence-electron chi connectivity index (χ2n) is 5.49. The third kappa shape index (κ3) is 5.34. The lowest BCUT2D eigenvalue weighted by atomic mass is 10.3. The largest absolute Gasteiger partial charge is 0.284 e. The van der Waals surface area contributed by atoms with E-state index in [0.29, 0.717) is 13.0 Å². The number of benzene rings is 1. The molecule has 0 radical (unpaired) electrons. The van der Waals surface area contributed by atoms with Crippen LogP contribution in [0.25, 0.3) is 0 Å². The van der Waals surface area contributed by atoms with Crippen molar-refractivity contribution in [2.75, 3.05) is 36.4 Å². The van der Waals surface area contributed by atoms with Crippen molar-refractivity contribution in [3.05, 3.63) is 24.0 Å². The Labute approximate surface area is 146 Å². The highest BCUT2D eigenvalue weighted by Gasteiger charge is 2.28. The fourth-order valence-corrected chi connectivity index (χ4v) is 5.48. The Hall–Kier alpha value is -1.28. The quantitative estimate of drug-likeness (QED) is 0.618. The third-order valence-electron chi connectivity index (χ3n) is 3.38. The lowest BCUT2D eigenvalue weighted by Crippen LogP contribution is -2.36. The van der Waals surface area contributed by atoms with Crippen LogP contribution in [0.4, 0.5) is 10.1 Å². The predicted molar refractivity (Wildman–Crippen MR) is 90.0 cm³/mol. The number of hydrogen-bond acceptors (Lipinski definition) is 6. The molecule has 1 heterocycles. The Balaban J connectivity index is 2.06. The summed E-state index contributed by atoms with van der Waals surface area (Å²) in [6.45, 7) is 0.0749. The van der Waals surface area contributed by atoms with Crippen molar-refractivity contribution in [1.82, 2.24) is 9.03 Å². The number of nitrogens with zero attached hydrogens (tertiary/aromatic N) is 1. The standard InChI is InChI=1S/C12H18FN3O6S3/c1-23(17,18)15-10-3-4-12(11(13)9-10)25(21,22)14-5-7-16-6-2-8-24(16,19)20/h3-4,9,14-15H,2,5-8H2,1H3. The van der Waals surface area contributed by atoms with E-state index in [4.69, 9.17) is 0 Å². The summed E-state index contributed by atoms with van der Waals surface area (Å²) in [6, 6.07) is 2.79. The first-order chi connectivity index (χ1) is 11.4. The van der Waals surface area contributed by atoms with Crippen LogP contribution in [0.5, 0.6) is 0 Å². The molecule has 0 bridgehead atoms. The summed E-state index contributed by atoms with van der Waals surface area (Å²) in [4.78, 5) is -0.657. The molecular weight excluding hydrogens is 397 g/mol. The fraction of sp³-hybridized carbons (Fsp3) is 0.500. The minimum absolute atomic E-state index is 0.0309. The van der Waals surface area contributed by atoms with Crippen LogP contribution >= 0.6 is 0 Å². The molecule has 1 aromatic rings. The van der Waals surface area contributed by atoms with Crippen molar-refractivity contribution in [3.63, 3.8) is 0 Å². The van der Waals surface area contributed by atoms with Crippen molar-refractivity contribution in [1.29, 1.82) is 0 Å². The Morgan fingerprint density at radius 1 is 1.24 bits per heavy atom. The molecule has 0 atom stereocenters. The maximum Gasteiger partial charge on any atom is 0.243 e. The predicted octanol–water partition coefficient (Wildman–Crippen LogP) is -0.489. The number of anilines is 1.